The summed E-state index contributed by atoms with van der Waals surface area (Å²) in [7, 11) is 0. The van der Waals surface area contributed by atoms with Crippen LogP contribution in [0, 0.1) is 0 Å². The Morgan fingerprint density at radius 2 is 0.738 bits per heavy atom. The highest BCUT2D eigenvalue weighted by molar-refractivity contribution is 6.28. The summed E-state index contributed by atoms with van der Waals surface area (Å²) in [5, 5.41) is 7.31. The minimum absolute atomic E-state index is 0.390. The molecule has 2 aliphatic carbocycles. The molecule has 0 bridgehead atoms. The summed E-state index contributed by atoms with van der Waals surface area (Å²) in [4.78, 5) is 10.4. The van der Waals surface area contributed by atoms with Crippen LogP contribution in [0.25, 0.3) is 99.6 Å². The van der Waals surface area contributed by atoms with Crippen LogP contribution in [0.1, 0.15) is 22.3 Å². The first-order chi connectivity index (χ1) is 30.3. The second-order valence-electron chi connectivity index (χ2n) is 16.4. The van der Waals surface area contributed by atoms with Gasteiger partial charge in [-0.3, -0.25) is 0 Å². The van der Waals surface area contributed by atoms with Crippen molar-refractivity contribution < 1.29 is 0 Å². The maximum absolute atomic E-state index is 5.31. The largest absolute Gasteiger partial charge is 0.228 e. The predicted octanol–water partition coefficient (Wildman–Crippen LogP) is 14.9. The summed E-state index contributed by atoms with van der Waals surface area (Å²) in [5.74, 6) is 0.713. The molecule has 0 aliphatic heterocycles. The summed E-state index contributed by atoms with van der Waals surface area (Å²) < 4.78 is 0. The van der Waals surface area contributed by atoms with Gasteiger partial charge < -0.3 is 0 Å². The Balaban J connectivity index is 1.05. The fourth-order valence-electron chi connectivity index (χ4n) is 10.7. The van der Waals surface area contributed by atoms with Crippen LogP contribution in [0.15, 0.2) is 218 Å². The van der Waals surface area contributed by atoms with Crippen LogP contribution in [-0.2, 0) is 5.41 Å². The average molecular weight is 773 g/mol. The molecule has 61 heavy (non-hydrogen) atoms. The van der Waals surface area contributed by atoms with Gasteiger partial charge in [0.25, 0.3) is 0 Å². The van der Waals surface area contributed by atoms with E-state index in [9.17, 15) is 0 Å². The van der Waals surface area contributed by atoms with Crippen molar-refractivity contribution >= 4 is 32.3 Å². The second-order valence-corrected chi connectivity index (χ2v) is 16.4. The van der Waals surface area contributed by atoms with Crippen molar-refractivity contribution in [3.63, 3.8) is 0 Å². The highest BCUT2D eigenvalue weighted by Gasteiger charge is 2.51. The molecular formula is C59H36N2. The molecule has 0 saturated heterocycles. The van der Waals surface area contributed by atoms with Crippen LogP contribution in [0.4, 0.5) is 0 Å². The van der Waals surface area contributed by atoms with Gasteiger partial charge in [0.15, 0.2) is 5.82 Å². The minimum atomic E-state index is -0.390. The van der Waals surface area contributed by atoms with Gasteiger partial charge in [0.05, 0.1) is 16.8 Å². The van der Waals surface area contributed by atoms with Crippen molar-refractivity contribution in [1.82, 2.24) is 9.97 Å². The van der Waals surface area contributed by atoms with Crippen molar-refractivity contribution in [3.8, 4) is 67.3 Å². The lowest BCUT2D eigenvalue weighted by Crippen LogP contribution is -2.25. The molecule has 0 saturated carbocycles. The summed E-state index contributed by atoms with van der Waals surface area (Å²) in [5.41, 5.74) is 17.7. The van der Waals surface area contributed by atoms with Gasteiger partial charge in [0, 0.05) is 16.7 Å². The van der Waals surface area contributed by atoms with Crippen LogP contribution in [0.2, 0.25) is 0 Å². The molecule has 2 nitrogen and oxygen atoms in total. The summed E-state index contributed by atoms with van der Waals surface area (Å²) in [6.07, 6.45) is 0. The van der Waals surface area contributed by atoms with E-state index in [-0.39, 0.29) is 0 Å². The molecule has 0 N–H and O–H groups in total. The van der Waals surface area contributed by atoms with Gasteiger partial charge in [0.1, 0.15) is 0 Å². The first kappa shape index (κ1) is 34.0. The Morgan fingerprint density at radius 1 is 0.262 bits per heavy atom. The molecule has 1 heterocycles. The number of hydrogen-bond donors (Lipinski definition) is 0. The topological polar surface area (TPSA) is 25.8 Å². The van der Waals surface area contributed by atoms with E-state index in [1.807, 2.05) is 24.3 Å². The number of benzene rings is 10. The van der Waals surface area contributed by atoms with Crippen molar-refractivity contribution in [3.05, 3.63) is 241 Å². The van der Waals surface area contributed by atoms with Crippen LogP contribution in [0.3, 0.4) is 0 Å². The molecule has 1 aromatic heterocycles. The van der Waals surface area contributed by atoms with Crippen molar-refractivity contribution in [1.29, 1.82) is 0 Å². The lowest BCUT2D eigenvalue weighted by Gasteiger charge is -2.30. The molecular weight excluding hydrogens is 737 g/mol. The van der Waals surface area contributed by atoms with E-state index < -0.39 is 5.41 Å². The van der Waals surface area contributed by atoms with E-state index in [1.165, 1.54) is 88.0 Å². The molecule has 0 radical (unpaired) electrons. The minimum Gasteiger partial charge on any atom is -0.228 e. The Morgan fingerprint density at radius 3 is 1.41 bits per heavy atom. The Kier molecular flexibility index (Phi) is 7.26. The van der Waals surface area contributed by atoms with Gasteiger partial charge in [-0.1, -0.05) is 200 Å². The van der Waals surface area contributed by atoms with Gasteiger partial charge in [-0.2, -0.15) is 0 Å². The third-order valence-electron chi connectivity index (χ3n) is 13.3. The zero-order chi connectivity index (χ0) is 40.1. The van der Waals surface area contributed by atoms with E-state index in [0.29, 0.717) is 5.82 Å². The molecule has 282 valence electrons. The zero-order valence-electron chi connectivity index (χ0n) is 33.2. The standard InChI is InChI=1S/C59H36N2/c1-3-16-37(17-4-1)55-36-56(61-58(60-55)38-18-5-2-6-19-38)49-26-15-25-47-41-20-7-8-21-42(41)50-34-39(31-33-48(50)57(47)49)40-30-32-46-45-24-11-14-29-53(45)59(54(46)35-40)51-27-12-9-22-43(51)44-23-10-13-28-52(44)59/h1-36H. The summed E-state index contributed by atoms with van der Waals surface area (Å²) in [6, 6.07) is 79.8. The molecule has 0 fully saturated rings. The lowest BCUT2D eigenvalue weighted by atomic mass is 9.70. The monoisotopic (exact) mass is 772 g/mol. The van der Waals surface area contributed by atoms with Crippen LogP contribution < -0.4 is 0 Å². The highest BCUT2D eigenvalue weighted by Crippen LogP contribution is 2.63. The molecule has 2 aliphatic rings. The quantitative estimate of drug-likeness (QED) is 0.167. The summed E-state index contributed by atoms with van der Waals surface area (Å²) >= 11 is 0. The highest BCUT2D eigenvalue weighted by atomic mass is 14.9. The fraction of sp³-hybridized carbons (Fsp3) is 0.0169. The molecule has 1 spiro atoms. The Labute approximate surface area is 354 Å². The number of rotatable bonds is 4. The first-order valence-electron chi connectivity index (χ1n) is 21.1. The van der Waals surface area contributed by atoms with Gasteiger partial charge in [-0.25, -0.2) is 9.97 Å². The zero-order valence-corrected chi connectivity index (χ0v) is 33.2. The van der Waals surface area contributed by atoms with Crippen LogP contribution in [-0.4, -0.2) is 9.97 Å². The Bertz CT molecular complexity index is 3470. The SMILES string of the molecule is c1ccc(-c2cc(-c3cccc4c5ccccc5c5cc(-c6ccc7c(c6)C6(c8ccccc8-c8ccccc86)c6ccccc6-7)ccc5c34)nc(-c3ccccc3)n2)cc1. The molecule has 2 heteroatoms. The number of aromatic nitrogens is 2. The van der Waals surface area contributed by atoms with Gasteiger partial charge in [-0.15, -0.1) is 0 Å². The molecule has 10 aromatic carbocycles. The number of nitrogens with zero attached hydrogens (tertiary/aromatic N) is 2. The third-order valence-corrected chi connectivity index (χ3v) is 13.3. The first-order valence-corrected chi connectivity index (χ1v) is 21.1. The fourth-order valence-corrected chi connectivity index (χ4v) is 10.7. The van der Waals surface area contributed by atoms with Crippen LogP contribution >= 0.6 is 0 Å². The maximum atomic E-state index is 5.31. The summed E-state index contributed by atoms with van der Waals surface area (Å²) in [6.45, 7) is 0. The smallest absolute Gasteiger partial charge is 0.160 e. The van der Waals surface area contributed by atoms with E-state index in [2.05, 4.69) is 194 Å². The normalized spacial score (nSPS) is 13.0. The van der Waals surface area contributed by atoms with Crippen molar-refractivity contribution in [2.24, 2.45) is 0 Å². The van der Waals surface area contributed by atoms with E-state index >= 15 is 0 Å². The van der Waals surface area contributed by atoms with E-state index in [0.717, 1.165) is 28.1 Å². The Hall–Kier alpha value is -7.94. The second kappa shape index (κ2) is 13.0. The molecule has 0 atom stereocenters. The van der Waals surface area contributed by atoms with Gasteiger partial charge in [-0.05, 0) is 106 Å². The van der Waals surface area contributed by atoms with Crippen LogP contribution in [0.5, 0.6) is 0 Å². The molecule has 13 rings (SSSR count). The predicted molar refractivity (Wildman–Crippen MR) is 253 cm³/mol. The maximum Gasteiger partial charge on any atom is 0.160 e. The molecule has 11 aromatic rings. The number of hydrogen-bond acceptors (Lipinski definition) is 2. The van der Waals surface area contributed by atoms with Gasteiger partial charge >= 0.3 is 0 Å². The third kappa shape index (κ3) is 4.85. The molecule has 0 amide bonds. The lowest BCUT2D eigenvalue weighted by molar-refractivity contribution is 0.794. The average Bonchev–Trinajstić information content (AvgIpc) is 3.81. The van der Waals surface area contributed by atoms with Crippen molar-refractivity contribution in [2.45, 2.75) is 5.41 Å². The molecule has 0 unspecified atom stereocenters. The van der Waals surface area contributed by atoms with E-state index in [1.54, 1.807) is 0 Å². The van der Waals surface area contributed by atoms with Gasteiger partial charge in [0.2, 0.25) is 0 Å². The van der Waals surface area contributed by atoms with Crippen molar-refractivity contribution in [2.75, 3.05) is 0 Å². The van der Waals surface area contributed by atoms with E-state index in [4.69, 9.17) is 9.97 Å². The number of fused-ring (bicyclic) bond motifs is 16.